The van der Waals surface area contributed by atoms with E-state index in [9.17, 15) is 5.11 Å². The fraction of sp³-hybridized carbons (Fsp3) is 0.111. The molecule has 0 saturated carbocycles. The number of nitrogens with one attached hydrogen (secondary N) is 1. The van der Waals surface area contributed by atoms with Gasteiger partial charge in [0, 0.05) is 27.4 Å². The van der Waals surface area contributed by atoms with Crippen LogP contribution in [-0.2, 0) is 0 Å². The summed E-state index contributed by atoms with van der Waals surface area (Å²) in [5.74, 6) is 0.751. The molecule has 0 saturated heterocycles. The number of aromatic amines is 1. The van der Waals surface area contributed by atoms with E-state index < -0.39 is 6.10 Å². The van der Waals surface area contributed by atoms with Crippen molar-refractivity contribution >= 4 is 21.8 Å². The molecule has 1 atom stereocenters. The molecule has 2 heterocycles. The van der Waals surface area contributed by atoms with Crippen LogP contribution in [0.25, 0.3) is 21.8 Å². The van der Waals surface area contributed by atoms with Gasteiger partial charge in [-0.25, -0.2) is 0 Å². The van der Waals surface area contributed by atoms with Gasteiger partial charge in [-0.1, -0.05) is 24.3 Å². The third kappa shape index (κ3) is 1.86. The molecule has 0 radical (unpaired) electrons. The largest absolute Gasteiger partial charge is 0.469 e. The van der Waals surface area contributed by atoms with E-state index in [1.54, 1.807) is 6.26 Å². The first-order chi connectivity index (χ1) is 10.2. The zero-order valence-electron chi connectivity index (χ0n) is 11.6. The Morgan fingerprint density at radius 2 is 1.81 bits per heavy atom. The molecule has 0 aliphatic carbocycles. The second-order valence-electron chi connectivity index (χ2n) is 5.31. The summed E-state index contributed by atoms with van der Waals surface area (Å²) in [5.41, 5.74) is 3.88. The predicted molar refractivity (Wildman–Crippen MR) is 83.3 cm³/mol. The number of furan rings is 1. The smallest absolute Gasteiger partial charge is 0.107 e. The third-order valence-electron chi connectivity index (χ3n) is 4.04. The van der Waals surface area contributed by atoms with Crippen molar-refractivity contribution < 1.29 is 9.52 Å². The summed E-state index contributed by atoms with van der Waals surface area (Å²) in [6.07, 6.45) is 0.944. The van der Waals surface area contributed by atoms with E-state index in [1.807, 2.05) is 43.3 Å². The first-order valence-electron chi connectivity index (χ1n) is 6.96. The normalized spacial score (nSPS) is 13.0. The van der Waals surface area contributed by atoms with Crippen molar-refractivity contribution in [3.8, 4) is 0 Å². The van der Waals surface area contributed by atoms with Gasteiger partial charge in [-0.05, 0) is 36.8 Å². The van der Waals surface area contributed by atoms with Crippen molar-refractivity contribution in [2.24, 2.45) is 0 Å². The van der Waals surface area contributed by atoms with Gasteiger partial charge in [-0.15, -0.1) is 0 Å². The van der Waals surface area contributed by atoms with Crippen molar-refractivity contribution in [1.82, 2.24) is 4.98 Å². The molecule has 0 bridgehead atoms. The zero-order chi connectivity index (χ0) is 14.4. The fourth-order valence-electron chi connectivity index (χ4n) is 2.89. The highest BCUT2D eigenvalue weighted by Gasteiger charge is 2.16. The summed E-state index contributed by atoms with van der Waals surface area (Å²) in [5, 5.41) is 12.9. The Morgan fingerprint density at radius 3 is 2.62 bits per heavy atom. The van der Waals surface area contributed by atoms with Gasteiger partial charge in [0.1, 0.15) is 11.9 Å². The fourth-order valence-corrected chi connectivity index (χ4v) is 2.89. The molecule has 21 heavy (non-hydrogen) atoms. The number of para-hydroxylation sites is 1. The van der Waals surface area contributed by atoms with E-state index in [0.717, 1.165) is 33.3 Å². The van der Waals surface area contributed by atoms with E-state index in [-0.39, 0.29) is 0 Å². The van der Waals surface area contributed by atoms with Crippen LogP contribution in [-0.4, -0.2) is 10.1 Å². The van der Waals surface area contributed by atoms with Crippen LogP contribution in [0.2, 0.25) is 0 Å². The molecule has 1 unspecified atom stereocenters. The summed E-state index contributed by atoms with van der Waals surface area (Å²) in [4.78, 5) is 3.39. The average Bonchev–Trinajstić information content (AvgIpc) is 3.09. The molecule has 2 N–H and O–H groups in total. The molecule has 4 aromatic rings. The van der Waals surface area contributed by atoms with Gasteiger partial charge in [0.05, 0.1) is 6.26 Å². The molecule has 0 aliphatic heterocycles. The topological polar surface area (TPSA) is 49.2 Å². The summed E-state index contributed by atoms with van der Waals surface area (Å²) >= 11 is 0. The lowest BCUT2D eigenvalue weighted by molar-refractivity contribution is 0.218. The highest BCUT2D eigenvalue weighted by Crippen LogP contribution is 2.31. The molecular weight excluding hydrogens is 262 g/mol. The molecular formula is C18H15NO2. The number of H-pyrrole nitrogens is 1. The highest BCUT2D eigenvalue weighted by molar-refractivity contribution is 6.07. The van der Waals surface area contributed by atoms with Crippen LogP contribution in [0.3, 0.4) is 0 Å². The van der Waals surface area contributed by atoms with E-state index in [4.69, 9.17) is 4.42 Å². The van der Waals surface area contributed by atoms with Crippen molar-refractivity contribution in [2.75, 3.05) is 0 Å². The lowest BCUT2D eigenvalue weighted by atomic mass is 10.00. The molecule has 0 fully saturated rings. The first-order valence-corrected chi connectivity index (χ1v) is 6.96. The minimum absolute atomic E-state index is 0.665. The quantitative estimate of drug-likeness (QED) is 0.573. The van der Waals surface area contributed by atoms with Gasteiger partial charge in [0.15, 0.2) is 0 Å². The number of aliphatic hydroxyl groups excluding tert-OH is 1. The monoisotopic (exact) mass is 277 g/mol. The Hall–Kier alpha value is -2.52. The SMILES string of the molecule is Cc1occc1C(O)c1ccc2[nH]c3ccccc3c2c1. The number of aliphatic hydroxyl groups is 1. The highest BCUT2D eigenvalue weighted by atomic mass is 16.3. The number of rotatable bonds is 2. The van der Waals surface area contributed by atoms with Crippen LogP contribution in [0.1, 0.15) is 23.0 Å². The lowest BCUT2D eigenvalue weighted by Crippen LogP contribution is -1.99. The molecule has 3 heteroatoms. The Balaban J connectivity index is 1.90. The Kier molecular flexibility index (Phi) is 2.62. The molecule has 4 rings (SSSR count). The Morgan fingerprint density at radius 1 is 1.00 bits per heavy atom. The van der Waals surface area contributed by atoms with Crippen LogP contribution < -0.4 is 0 Å². The molecule has 3 nitrogen and oxygen atoms in total. The molecule has 0 amide bonds. The van der Waals surface area contributed by atoms with Gasteiger partial charge in [0.2, 0.25) is 0 Å². The van der Waals surface area contributed by atoms with Crippen LogP contribution >= 0.6 is 0 Å². The Labute approximate surface area is 121 Å². The molecule has 2 aromatic heterocycles. The van der Waals surface area contributed by atoms with Crippen molar-refractivity contribution in [3.05, 3.63) is 71.7 Å². The number of hydrogen-bond donors (Lipinski definition) is 2. The maximum absolute atomic E-state index is 10.6. The van der Waals surface area contributed by atoms with Gasteiger partial charge in [0.25, 0.3) is 0 Å². The van der Waals surface area contributed by atoms with Gasteiger partial charge < -0.3 is 14.5 Å². The first kappa shape index (κ1) is 12.2. The zero-order valence-corrected chi connectivity index (χ0v) is 11.6. The second kappa shape index (κ2) is 4.50. The van der Waals surface area contributed by atoms with Crippen molar-refractivity contribution in [2.45, 2.75) is 13.0 Å². The minimum Gasteiger partial charge on any atom is -0.469 e. The lowest BCUT2D eigenvalue weighted by Gasteiger charge is -2.10. The minimum atomic E-state index is -0.665. The molecule has 0 aliphatic rings. The molecule has 0 spiro atoms. The van der Waals surface area contributed by atoms with Gasteiger partial charge >= 0.3 is 0 Å². The average molecular weight is 277 g/mol. The predicted octanol–water partition coefficient (Wildman–Crippen LogP) is 4.30. The maximum atomic E-state index is 10.6. The Bertz CT molecular complexity index is 933. The number of aromatic nitrogens is 1. The van der Waals surface area contributed by atoms with Crippen LogP contribution in [0.4, 0.5) is 0 Å². The summed E-state index contributed by atoms with van der Waals surface area (Å²) in [6.45, 7) is 1.86. The number of hydrogen-bond acceptors (Lipinski definition) is 2. The van der Waals surface area contributed by atoms with Crippen molar-refractivity contribution in [1.29, 1.82) is 0 Å². The summed E-state index contributed by atoms with van der Waals surface area (Å²) in [7, 11) is 0. The van der Waals surface area contributed by atoms with E-state index in [1.165, 1.54) is 5.39 Å². The number of aryl methyl sites for hydroxylation is 1. The number of fused-ring (bicyclic) bond motifs is 3. The van der Waals surface area contributed by atoms with Crippen LogP contribution in [0, 0.1) is 6.92 Å². The van der Waals surface area contributed by atoms with Gasteiger partial charge in [-0.3, -0.25) is 0 Å². The van der Waals surface area contributed by atoms with E-state index >= 15 is 0 Å². The van der Waals surface area contributed by atoms with E-state index in [0.29, 0.717) is 0 Å². The molecule has 104 valence electrons. The number of benzene rings is 2. The van der Waals surface area contributed by atoms with Crippen LogP contribution in [0.15, 0.2) is 59.2 Å². The summed E-state index contributed by atoms with van der Waals surface area (Å²) < 4.78 is 5.28. The summed E-state index contributed by atoms with van der Waals surface area (Å²) in [6, 6.07) is 16.0. The van der Waals surface area contributed by atoms with Crippen LogP contribution in [0.5, 0.6) is 0 Å². The third-order valence-corrected chi connectivity index (χ3v) is 4.04. The maximum Gasteiger partial charge on any atom is 0.107 e. The van der Waals surface area contributed by atoms with Crippen molar-refractivity contribution in [3.63, 3.8) is 0 Å². The standard InChI is InChI=1S/C18H15NO2/c1-11-13(8-9-21-11)18(20)12-6-7-17-15(10-12)14-4-2-3-5-16(14)19-17/h2-10,18-20H,1H3. The van der Waals surface area contributed by atoms with Gasteiger partial charge in [-0.2, -0.15) is 0 Å². The van der Waals surface area contributed by atoms with E-state index in [2.05, 4.69) is 17.1 Å². The molecule has 2 aromatic carbocycles. The second-order valence-corrected chi connectivity index (χ2v) is 5.31.